The molecule has 1 aliphatic rings. The molecule has 120 valence electrons. The lowest BCUT2D eigenvalue weighted by Crippen LogP contribution is -2.51. The fourth-order valence-corrected chi connectivity index (χ4v) is 4.23. The molecule has 1 aliphatic heterocycles. The fraction of sp³-hybridized carbons (Fsp3) is 1.00. The molecule has 1 rings (SSSR count). The molecule has 1 heterocycles. The maximum atomic E-state index is 2.84. The van der Waals surface area contributed by atoms with Gasteiger partial charge in [0.25, 0.3) is 0 Å². The number of hydrogen-bond acceptors (Lipinski definition) is 1. The molecule has 0 aromatic rings. The molecule has 1 unspecified atom stereocenters. The second-order valence-electron chi connectivity index (χ2n) is 8.21. The van der Waals surface area contributed by atoms with E-state index in [1.807, 2.05) is 0 Å². The quantitative estimate of drug-likeness (QED) is 0.467. The summed E-state index contributed by atoms with van der Waals surface area (Å²) in [5.41, 5.74) is 0.867. The summed E-state index contributed by atoms with van der Waals surface area (Å²) >= 11 is 0. The molecule has 0 spiro atoms. The predicted octanol–water partition coefficient (Wildman–Crippen LogP) is 6.03. The first-order chi connectivity index (χ1) is 9.35. The molecule has 1 heteroatoms. The number of nitrogens with zero attached hydrogens (tertiary/aromatic N) is 1. The lowest BCUT2D eigenvalue weighted by Gasteiger charge is -2.46. The highest BCUT2D eigenvalue weighted by molar-refractivity contribution is 4.97. The van der Waals surface area contributed by atoms with E-state index in [4.69, 9.17) is 0 Å². The van der Waals surface area contributed by atoms with Crippen LogP contribution in [0.2, 0.25) is 0 Å². The third kappa shape index (κ3) is 4.76. The Balaban J connectivity index is 2.62. The fourth-order valence-electron chi connectivity index (χ4n) is 4.23. The Morgan fingerprint density at radius 2 is 1.60 bits per heavy atom. The number of rotatable bonds is 9. The van der Waals surface area contributed by atoms with E-state index in [1.165, 1.54) is 64.3 Å². The first kappa shape index (κ1) is 18.0. The van der Waals surface area contributed by atoms with Crippen molar-refractivity contribution in [3.8, 4) is 0 Å². The van der Waals surface area contributed by atoms with Crippen LogP contribution in [-0.2, 0) is 0 Å². The molecular weight excluding hydrogens is 242 g/mol. The van der Waals surface area contributed by atoms with Gasteiger partial charge in [0.15, 0.2) is 0 Å². The summed E-state index contributed by atoms with van der Waals surface area (Å²) in [6.45, 7) is 15.9. The Morgan fingerprint density at radius 1 is 0.900 bits per heavy atom. The van der Waals surface area contributed by atoms with Gasteiger partial charge >= 0.3 is 0 Å². The summed E-state index contributed by atoms with van der Waals surface area (Å²) in [4.78, 5) is 2.84. The summed E-state index contributed by atoms with van der Waals surface area (Å²) in [5.74, 6) is 0. The van der Waals surface area contributed by atoms with Crippen LogP contribution in [-0.4, -0.2) is 23.0 Å². The zero-order valence-electron chi connectivity index (χ0n) is 15.1. The van der Waals surface area contributed by atoms with Crippen molar-refractivity contribution in [3.05, 3.63) is 0 Å². The van der Waals surface area contributed by atoms with Gasteiger partial charge in [-0.1, -0.05) is 59.8 Å². The first-order valence-electron chi connectivity index (χ1n) is 9.12. The van der Waals surface area contributed by atoms with Crippen LogP contribution in [0.15, 0.2) is 0 Å². The molecule has 0 saturated carbocycles. The topological polar surface area (TPSA) is 3.24 Å². The summed E-state index contributed by atoms with van der Waals surface area (Å²) in [6.07, 6.45) is 12.4. The lowest BCUT2D eigenvalue weighted by molar-refractivity contribution is 0.0288. The van der Waals surface area contributed by atoms with Crippen LogP contribution in [0.25, 0.3) is 0 Å². The zero-order valence-corrected chi connectivity index (χ0v) is 15.1. The van der Waals surface area contributed by atoms with E-state index in [-0.39, 0.29) is 0 Å². The van der Waals surface area contributed by atoms with Crippen LogP contribution in [0.4, 0.5) is 0 Å². The normalized spacial score (nSPS) is 21.6. The molecule has 0 bridgehead atoms. The summed E-state index contributed by atoms with van der Waals surface area (Å²) in [5, 5.41) is 0. The third-order valence-electron chi connectivity index (χ3n) is 5.47. The Labute approximate surface area is 128 Å². The minimum absolute atomic E-state index is 0.386. The molecule has 0 aromatic heterocycles. The van der Waals surface area contributed by atoms with Crippen molar-refractivity contribution in [1.29, 1.82) is 0 Å². The molecule has 1 fully saturated rings. The summed E-state index contributed by atoms with van der Waals surface area (Å²) in [6, 6.07) is 0.797. The largest absolute Gasteiger partial charge is 0.295 e. The minimum atomic E-state index is 0.386. The highest BCUT2D eigenvalue weighted by atomic mass is 15.2. The van der Waals surface area contributed by atoms with Gasteiger partial charge in [0.2, 0.25) is 0 Å². The minimum Gasteiger partial charge on any atom is -0.295 e. The van der Waals surface area contributed by atoms with Gasteiger partial charge in [0, 0.05) is 11.6 Å². The second kappa shape index (κ2) is 7.82. The van der Waals surface area contributed by atoms with Gasteiger partial charge in [0.05, 0.1) is 0 Å². The van der Waals surface area contributed by atoms with Crippen molar-refractivity contribution >= 4 is 0 Å². The highest BCUT2D eigenvalue weighted by Gasteiger charge is 2.42. The smallest absolute Gasteiger partial charge is 0.0156 e. The summed E-state index contributed by atoms with van der Waals surface area (Å²) in [7, 11) is 0. The van der Waals surface area contributed by atoms with Crippen LogP contribution < -0.4 is 0 Å². The standard InChI is InChI=1S/C19H39N/c1-7-9-10-11-15-18(3,4)17-13-12-16-20(17)19(5,6)14-8-2/h17H,7-16H2,1-6H3. The van der Waals surface area contributed by atoms with E-state index < -0.39 is 0 Å². The number of unbranched alkanes of at least 4 members (excludes halogenated alkanes) is 3. The van der Waals surface area contributed by atoms with E-state index in [0.717, 1.165) is 6.04 Å². The lowest BCUT2D eigenvalue weighted by atomic mass is 9.77. The van der Waals surface area contributed by atoms with Crippen molar-refractivity contribution in [2.24, 2.45) is 5.41 Å². The summed E-state index contributed by atoms with van der Waals surface area (Å²) < 4.78 is 0. The molecule has 0 N–H and O–H groups in total. The van der Waals surface area contributed by atoms with Gasteiger partial charge in [-0.25, -0.2) is 0 Å². The van der Waals surface area contributed by atoms with E-state index in [0.29, 0.717) is 11.0 Å². The highest BCUT2D eigenvalue weighted by Crippen LogP contribution is 2.41. The Kier molecular flexibility index (Phi) is 7.04. The van der Waals surface area contributed by atoms with E-state index in [2.05, 4.69) is 46.4 Å². The van der Waals surface area contributed by atoms with Crippen LogP contribution in [0.5, 0.6) is 0 Å². The van der Waals surface area contributed by atoms with E-state index in [9.17, 15) is 0 Å². The molecule has 0 aromatic carbocycles. The van der Waals surface area contributed by atoms with Gasteiger partial charge < -0.3 is 0 Å². The van der Waals surface area contributed by atoms with Crippen LogP contribution in [0.1, 0.15) is 99.3 Å². The van der Waals surface area contributed by atoms with Gasteiger partial charge in [-0.2, -0.15) is 0 Å². The number of hydrogen-bond donors (Lipinski definition) is 0. The molecular formula is C19H39N. The molecule has 1 nitrogen and oxygen atoms in total. The Bertz CT molecular complexity index is 267. The molecule has 0 aliphatic carbocycles. The van der Waals surface area contributed by atoms with Crippen LogP contribution in [0.3, 0.4) is 0 Å². The SMILES string of the molecule is CCCCCCC(C)(C)C1CCCN1C(C)(C)CCC. The molecule has 0 radical (unpaired) electrons. The maximum Gasteiger partial charge on any atom is 0.0156 e. The van der Waals surface area contributed by atoms with Crippen molar-refractivity contribution < 1.29 is 0 Å². The third-order valence-corrected chi connectivity index (χ3v) is 5.47. The number of likely N-dealkylation sites (tertiary alicyclic amines) is 1. The van der Waals surface area contributed by atoms with Crippen LogP contribution in [0, 0.1) is 5.41 Å². The van der Waals surface area contributed by atoms with Gasteiger partial charge in [-0.3, -0.25) is 4.90 Å². The monoisotopic (exact) mass is 281 g/mol. The average Bonchev–Trinajstić information content (AvgIpc) is 2.85. The molecule has 1 saturated heterocycles. The van der Waals surface area contributed by atoms with Gasteiger partial charge in [-0.15, -0.1) is 0 Å². The first-order valence-corrected chi connectivity index (χ1v) is 9.12. The molecule has 20 heavy (non-hydrogen) atoms. The van der Waals surface area contributed by atoms with Crippen molar-refractivity contribution in [2.75, 3.05) is 6.54 Å². The van der Waals surface area contributed by atoms with Crippen LogP contribution >= 0.6 is 0 Å². The van der Waals surface area contributed by atoms with Crippen molar-refractivity contribution in [1.82, 2.24) is 4.90 Å². The van der Waals surface area contributed by atoms with Gasteiger partial charge in [-0.05, 0) is 51.5 Å². The van der Waals surface area contributed by atoms with E-state index in [1.54, 1.807) is 0 Å². The van der Waals surface area contributed by atoms with Crippen molar-refractivity contribution in [2.45, 2.75) is 111 Å². The predicted molar refractivity (Wildman–Crippen MR) is 91.3 cm³/mol. The average molecular weight is 282 g/mol. The van der Waals surface area contributed by atoms with E-state index >= 15 is 0 Å². The molecule has 1 atom stereocenters. The Morgan fingerprint density at radius 3 is 2.20 bits per heavy atom. The second-order valence-corrected chi connectivity index (χ2v) is 8.21. The zero-order chi connectivity index (χ0) is 15.2. The van der Waals surface area contributed by atoms with Crippen molar-refractivity contribution in [3.63, 3.8) is 0 Å². The Hall–Kier alpha value is -0.0400. The molecule has 0 amide bonds. The van der Waals surface area contributed by atoms with Gasteiger partial charge in [0.1, 0.15) is 0 Å². The maximum absolute atomic E-state index is 2.84.